The van der Waals surface area contributed by atoms with Gasteiger partial charge in [0.2, 0.25) is 0 Å². The Morgan fingerprint density at radius 2 is 0.481 bits per heavy atom. The number of hydrogen-bond donors (Lipinski definition) is 3. The molecule has 5 atom stereocenters. The number of phosphoric ester groups is 2. The van der Waals surface area contributed by atoms with Gasteiger partial charge in [0.15, 0.2) is 12.2 Å². The second-order valence-corrected chi connectivity index (χ2v) is 31.3. The first-order valence-corrected chi connectivity index (χ1v) is 45.2. The molecule has 0 saturated carbocycles. The molecule has 0 spiro atoms. The maximum Gasteiger partial charge on any atom is 0.472 e. The molecule has 0 aromatic rings. The fourth-order valence-corrected chi connectivity index (χ4v) is 13.3. The Balaban J connectivity index is 5.37. The predicted molar refractivity (Wildman–Crippen MR) is 427 cm³/mol. The molecule has 0 rings (SSSR count). The molecular weight excluding hydrogens is 1350 g/mol. The molecule has 19 heteroatoms. The molecule has 0 heterocycles. The van der Waals surface area contributed by atoms with Crippen LogP contribution >= 0.6 is 15.6 Å². The average Bonchev–Trinajstić information content (AvgIpc) is 0.937. The number of aliphatic hydroxyl groups excluding tert-OH is 1. The van der Waals surface area contributed by atoms with Crippen LogP contribution in [0.4, 0.5) is 0 Å². The van der Waals surface area contributed by atoms with Crippen molar-refractivity contribution in [3.05, 3.63) is 72.9 Å². The van der Waals surface area contributed by atoms with E-state index in [-0.39, 0.29) is 25.7 Å². The SMILES string of the molecule is CCCCC/C=C\C/C=C\C/C=C\C/C=C\CCCC(=O)OC[C@H](COP(=O)(O)OC[C@H](O)COP(=O)(O)OC[C@@H](COC(=O)CCCCCCCCCCCCCCCCCCC)OC(=O)CCCCCCCCCCCCCCCCC)OC(=O)CCCCCCC/C=C\C/C=C\CCCCC. The van der Waals surface area contributed by atoms with Gasteiger partial charge in [0, 0.05) is 25.7 Å². The van der Waals surface area contributed by atoms with Crippen LogP contribution in [0, 0.1) is 0 Å². The standard InChI is InChI=1S/C85H154O17P2/c1-5-9-13-17-21-25-29-33-37-39-43-45-49-53-57-61-65-69-82(87)95-75-80(101-84(89)71-67-63-59-55-51-47-41-35-31-27-23-19-15-11-7-3)77-99-103(91,92)97-73-79(86)74-98-104(93,94)100-78-81(102-85(90)72-68-64-60-56-52-48-42-36-32-28-24-20-16-12-8-4)76-96-83(88)70-66-62-58-54-50-46-44-40-38-34-30-26-22-18-14-10-6-2/h21,23,25,27,33,35,37,41,43,45,53,57,79-81,86H,5-20,22,24,26,28-32,34,36,38-40,42,44,46-52,54-56,58-78H2,1-4H3,(H,91,92)(H,93,94)/b25-21-,27-23-,37-33-,41-35-,45-43-,57-53-/t79-,80+,81+/m0/s1. The van der Waals surface area contributed by atoms with Gasteiger partial charge in [-0.3, -0.25) is 37.3 Å². The number of phosphoric acid groups is 2. The summed E-state index contributed by atoms with van der Waals surface area (Å²) in [6.45, 7) is 4.84. The number of esters is 4. The molecule has 0 radical (unpaired) electrons. The molecule has 0 fully saturated rings. The van der Waals surface area contributed by atoms with Gasteiger partial charge in [-0.2, -0.15) is 0 Å². The lowest BCUT2D eigenvalue weighted by Crippen LogP contribution is -2.30. The summed E-state index contributed by atoms with van der Waals surface area (Å²) in [6, 6.07) is 0. The minimum absolute atomic E-state index is 0.0699. The second-order valence-electron chi connectivity index (χ2n) is 28.4. The second kappa shape index (κ2) is 77.7. The zero-order chi connectivity index (χ0) is 76.0. The van der Waals surface area contributed by atoms with E-state index in [0.29, 0.717) is 32.1 Å². The van der Waals surface area contributed by atoms with Gasteiger partial charge in [-0.1, -0.05) is 338 Å². The van der Waals surface area contributed by atoms with Gasteiger partial charge in [0.25, 0.3) is 0 Å². The van der Waals surface area contributed by atoms with Crippen molar-refractivity contribution in [2.75, 3.05) is 39.6 Å². The van der Waals surface area contributed by atoms with Gasteiger partial charge >= 0.3 is 39.5 Å². The van der Waals surface area contributed by atoms with Crippen LogP contribution in [-0.2, 0) is 65.4 Å². The van der Waals surface area contributed by atoms with Crippen LogP contribution in [-0.4, -0.2) is 96.7 Å². The van der Waals surface area contributed by atoms with Crippen LogP contribution in [0.25, 0.3) is 0 Å². The molecule has 0 amide bonds. The van der Waals surface area contributed by atoms with E-state index in [9.17, 15) is 43.2 Å². The van der Waals surface area contributed by atoms with E-state index in [2.05, 4.69) is 88.5 Å². The largest absolute Gasteiger partial charge is 0.472 e. The average molecular weight is 1510 g/mol. The summed E-state index contributed by atoms with van der Waals surface area (Å²) in [5.41, 5.74) is 0. The lowest BCUT2D eigenvalue weighted by molar-refractivity contribution is -0.161. The molecule has 2 unspecified atom stereocenters. The fourth-order valence-electron chi connectivity index (χ4n) is 11.7. The molecule has 3 N–H and O–H groups in total. The minimum Gasteiger partial charge on any atom is -0.462 e. The van der Waals surface area contributed by atoms with Crippen molar-refractivity contribution in [1.82, 2.24) is 0 Å². The molecule has 0 aliphatic carbocycles. The van der Waals surface area contributed by atoms with Crippen molar-refractivity contribution in [2.45, 2.75) is 406 Å². The van der Waals surface area contributed by atoms with E-state index in [4.69, 9.17) is 37.0 Å². The van der Waals surface area contributed by atoms with Gasteiger partial charge in [0.05, 0.1) is 26.4 Å². The molecular formula is C85H154O17P2. The predicted octanol–water partition coefficient (Wildman–Crippen LogP) is 24.8. The van der Waals surface area contributed by atoms with E-state index in [1.54, 1.807) is 0 Å². The monoisotopic (exact) mass is 1510 g/mol. The smallest absolute Gasteiger partial charge is 0.462 e. The summed E-state index contributed by atoms with van der Waals surface area (Å²) in [4.78, 5) is 73.1. The highest BCUT2D eigenvalue weighted by atomic mass is 31.2. The van der Waals surface area contributed by atoms with E-state index >= 15 is 0 Å². The fraction of sp³-hybridized carbons (Fsp3) is 0.812. The Kier molecular flexibility index (Phi) is 75.0. The number of aliphatic hydroxyl groups is 1. The zero-order valence-electron chi connectivity index (χ0n) is 66.5. The molecule has 0 aromatic carbocycles. The van der Waals surface area contributed by atoms with E-state index in [1.807, 2.05) is 12.2 Å². The normalized spacial score (nSPS) is 14.2. The summed E-state index contributed by atoms with van der Waals surface area (Å²) in [6.07, 6.45) is 80.1. The highest BCUT2D eigenvalue weighted by molar-refractivity contribution is 7.47. The highest BCUT2D eigenvalue weighted by Gasteiger charge is 2.30. The van der Waals surface area contributed by atoms with E-state index < -0.39 is 97.5 Å². The molecule has 0 saturated heterocycles. The van der Waals surface area contributed by atoms with Crippen molar-refractivity contribution in [3.63, 3.8) is 0 Å². The number of hydrogen-bond acceptors (Lipinski definition) is 15. The Bertz CT molecular complexity index is 2250. The van der Waals surface area contributed by atoms with Crippen LogP contribution in [0.1, 0.15) is 387 Å². The zero-order valence-corrected chi connectivity index (χ0v) is 68.2. The van der Waals surface area contributed by atoms with Crippen LogP contribution in [0.5, 0.6) is 0 Å². The van der Waals surface area contributed by atoms with Gasteiger partial charge in [-0.05, 0) is 96.3 Å². The van der Waals surface area contributed by atoms with Crippen LogP contribution < -0.4 is 0 Å². The lowest BCUT2D eigenvalue weighted by atomic mass is 10.0. The highest BCUT2D eigenvalue weighted by Crippen LogP contribution is 2.45. The van der Waals surface area contributed by atoms with Crippen molar-refractivity contribution < 1.29 is 80.2 Å². The van der Waals surface area contributed by atoms with E-state index in [0.717, 1.165) is 116 Å². The first-order valence-electron chi connectivity index (χ1n) is 42.2. The first-order chi connectivity index (χ1) is 50.7. The van der Waals surface area contributed by atoms with Crippen molar-refractivity contribution in [1.29, 1.82) is 0 Å². The minimum atomic E-state index is -4.99. The molecule has 17 nitrogen and oxygen atoms in total. The van der Waals surface area contributed by atoms with Gasteiger partial charge in [-0.15, -0.1) is 0 Å². The maximum atomic E-state index is 13.1. The van der Waals surface area contributed by atoms with Crippen molar-refractivity contribution >= 4 is 39.5 Å². The van der Waals surface area contributed by atoms with Crippen LogP contribution in [0.15, 0.2) is 72.9 Å². The molecule has 0 aliphatic rings. The Hall–Kier alpha value is -3.50. The first kappa shape index (κ1) is 100. The summed E-state index contributed by atoms with van der Waals surface area (Å²) in [5.74, 6) is -2.22. The summed E-state index contributed by atoms with van der Waals surface area (Å²) in [5, 5.41) is 10.7. The number of carbonyl (C=O) groups excluding carboxylic acids is 4. The Labute approximate surface area is 634 Å². The molecule has 0 aliphatic heterocycles. The third kappa shape index (κ3) is 76.7. The molecule has 0 aromatic heterocycles. The van der Waals surface area contributed by atoms with Gasteiger partial charge < -0.3 is 33.8 Å². The molecule has 104 heavy (non-hydrogen) atoms. The van der Waals surface area contributed by atoms with Crippen molar-refractivity contribution in [2.24, 2.45) is 0 Å². The lowest BCUT2D eigenvalue weighted by Gasteiger charge is -2.21. The quantitative estimate of drug-likeness (QED) is 0.0169. The number of unbranched alkanes of at least 4 members (excludes halogenated alkanes) is 42. The Morgan fingerprint density at radius 3 is 0.779 bits per heavy atom. The third-order valence-electron chi connectivity index (χ3n) is 18.2. The number of ether oxygens (including phenoxy) is 4. The summed E-state index contributed by atoms with van der Waals surface area (Å²) < 4.78 is 68.7. The number of allylic oxidation sites excluding steroid dienone is 12. The molecule has 606 valence electrons. The summed E-state index contributed by atoms with van der Waals surface area (Å²) >= 11 is 0. The summed E-state index contributed by atoms with van der Waals surface area (Å²) in [7, 11) is -9.96. The number of rotatable bonds is 80. The topological polar surface area (TPSA) is 237 Å². The Morgan fingerprint density at radius 1 is 0.269 bits per heavy atom. The van der Waals surface area contributed by atoms with Crippen LogP contribution in [0.2, 0.25) is 0 Å². The van der Waals surface area contributed by atoms with Gasteiger partial charge in [-0.25, -0.2) is 9.13 Å². The maximum absolute atomic E-state index is 13.1. The third-order valence-corrected chi connectivity index (χ3v) is 20.1. The van der Waals surface area contributed by atoms with E-state index in [1.165, 1.54) is 186 Å². The molecule has 0 bridgehead atoms. The number of carbonyl (C=O) groups is 4. The van der Waals surface area contributed by atoms with Gasteiger partial charge in [0.1, 0.15) is 19.3 Å². The van der Waals surface area contributed by atoms with Crippen LogP contribution in [0.3, 0.4) is 0 Å². The van der Waals surface area contributed by atoms with Crippen molar-refractivity contribution in [3.8, 4) is 0 Å².